The highest BCUT2D eigenvalue weighted by molar-refractivity contribution is 5.99. The van der Waals surface area contributed by atoms with Crippen molar-refractivity contribution in [3.8, 4) is 11.3 Å². The average Bonchev–Trinajstić information content (AvgIpc) is 3.67. The van der Waals surface area contributed by atoms with Crippen LogP contribution in [0.3, 0.4) is 0 Å². The van der Waals surface area contributed by atoms with Gasteiger partial charge in [0, 0.05) is 28.9 Å². The van der Waals surface area contributed by atoms with E-state index in [1.807, 2.05) is 85.3 Å². The Morgan fingerprint density at radius 1 is 0.911 bits per heavy atom. The Morgan fingerprint density at radius 2 is 1.64 bits per heavy atom. The lowest BCUT2D eigenvalue weighted by atomic mass is 10.1. The van der Waals surface area contributed by atoms with E-state index in [1.54, 1.807) is 0 Å². The number of benzene rings is 3. The van der Waals surface area contributed by atoms with Crippen molar-refractivity contribution in [3.05, 3.63) is 102 Å². The topological polar surface area (TPSA) is 171 Å². The first-order valence-corrected chi connectivity index (χ1v) is 14.8. The standard InChI is InChI=1S/C28H26N6O2.C6H9N3/c29-26-24-25(33-34(27(24)32-16-31-26)22-11-12-23(35)14-22)19-7-5-17(6-8-19)15-30-28(36)21-10-9-18-3-1-2-4-20(18)13-21;1-4-5(2)8-3-9-6(4)7/h1-10,13,16,22-23,35H,11-12,14-15H2,(H,30,36)(H2,29,31,32);3H,1-2H3,(H2,7,8,9). The summed E-state index contributed by atoms with van der Waals surface area (Å²) in [5.74, 6) is 0.840. The van der Waals surface area contributed by atoms with Gasteiger partial charge in [-0.15, -0.1) is 0 Å². The molecule has 0 aliphatic heterocycles. The number of hydrogen-bond donors (Lipinski definition) is 4. The van der Waals surface area contributed by atoms with Crippen LogP contribution in [0.4, 0.5) is 11.6 Å². The number of aliphatic hydroxyl groups is 1. The number of nitrogens with one attached hydrogen (secondary N) is 1. The Balaban J connectivity index is 0.000000343. The number of nitrogens with two attached hydrogens (primary N) is 2. The van der Waals surface area contributed by atoms with E-state index in [1.165, 1.54) is 12.7 Å². The number of aliphatic hydroxyl groups excluding tert-OH is 1. The van der Waals surface area contributed by atoms with E-state index < -0.39 is 0 Å². The van der Waals surface area contributed by atoms with E-state index in [2.05, 4.69) is 25.3 Å². The van der Waals surface area contributed by atoms with Crippen molar-refractivity contribution in [1.29, 1.82) is 0 Å². The zero-order valence-corrected chi connectivity index (χ0v) is 25.2. The highest BCUT2D eigenvalue weighted by Crippen LogP contribution is 2.36. The number of rotatable bonds is 5. The minimum atomic E-state index is -0.319. The van der Waals surface area contributed by atoms with Gasteiger partial charge in [0.15, 0.2) is 5.65 Å². The molecule has 11 heteroatoms. The molecule has 0 saturated heterocycles. The molecule has 1 aliphatic carbocycles. The van der Waals surface area contributed by atoms with Gasteiger partial charge >= 0.3 is 0 Å². The molecule has 1 saturated carbocycles. The Bertz CT molecular complexity index is 1970. The van der Waals surface area contributed by atoms with Gasteiger partial charge in [0.1, 0.15) is 30.0 Å². The number of carbonyl (C=O) groups excluding carboxylic acids is 1. The third kappa shape index (κ3) is 6.29. The Kier molecular flexibility index (Phi) is 8.35. The van der Waals surface area contributed by atoms with Crippen LogP contribution in [0.15, 0.2) is 79.4 Å². The zero-order chi connectivity index (χ0) is 31.5. The molecule has 3 aromatic carbocycles. The molecule has 11 nitrogen and oxygen atoms in total. The Morgan fingerprint density at radius 3 is 2.36 bits per heavy atom. The lowest BCUT2D eigenvalue weighted by Gasteiger charge is -2.10. The first kappa shape index (κ1) is 29.6. The predicted molar refractivity (Wildman–Crippen MR) is 175 cm³/mol. The van der Waals surface area contributed by atoms with Crippen LogP contribution >= 0.6 is 0 Å². The maximum absolute atomic E-state index is 12.7. The molecular weight excluding hydrogens is 566 g/mol. The molecule has 3 aromatic heterocycles. The first-order valence-electron chi connectivity index (χ1n) is 14.8. The van der Waals surface area contributed by atoms with Crippen LogP contribution in [-0.4, -0.2) is 46.8 Å². The molecule has 0 spiro atoms. The van der Waals surface area contributed by atoms with Crippen molar-refractivity contribution in [2.75, 3.05) is 11.5 Å². The van der Waals surface area contributed by atoms with Gasteiger partial charge in [0.05, 0.1) is 17.5 Å². The molecule has 2 unspecified atom stereocenters. The molecular formula is C34H35N9O2. The average molecular weight is 602 g/mol. The van der Waals surface area contributed by atoms with Crippen LogP contribution in [-0.2, 0) is 6.54 Å². The maximum atomic E-state index is 12.7. The van der Waals surface area contributed by atoms with E-state index >= 15 is 0 Å². The van der Waals surface area contributed by atoms with E-state index in [0.717, 1.165) is 57.1 Å². The van der Waals surface area contributed by atoms with Gasteiger partial charge in [-0.1, -0.05) is 54.6 Å². The minimum absolute atomic E-state index is 0.0788. The van der Waals surface area contributed by atoms with Gasteiger partial charge in [-0.2, -0.15) is 5.10 Å². The molecule has 0 radical (unpaired) electrons. The lowest BCUT2D eigenvalue weighted by Crippen LogP contribution is -2.22. The summed E-state index contributed by atoms with van der Waals surface area (Å²) in [5.41, 5.74) is 17.5. The van der Waals surface area contributed by atoms with Crippen LogP contribution in [0, 0.1) is 13.8 Å². The number of aryl methyl sites for hydroxylation is 1. The second-order valence-corrected chi connectivity index (χ2v) is 11.3. The predicted octanol–water partition coefficient (Wildman–Crippen LogP) is 4.92. The zero-order valence-electron chi connectivity index (χ0n) is 25.2. The molecule has 1 aliphatic rings. The number of hydrogen-bond acceptors (Lipinski definition) is 9. The number of anilines is 2. The van der Waals surface area contributed by atoms with Crippen molar-refractivity contribution in [1.82, 2.24) is 35.0 Å². The van der Waals surface area contributed by atoms with Crippen LogP contribution in [0.1, 0.15) is 52.5 Å². The molecule has 45 heavy (non-hydrogen) atoms. The second-order valence-electron chi connectivity index (χ2n) is 11.3. The van der Waals surface area contributed by atoms with Gasteiger partial charge in [-0.25, -0.2) is 24.6 Å². The molecule has 228 valence electrons. The van der Waals surface area contributed by atoms with E-state index in [0.29, 0.717) is 35.8 Å². The van der Waals surface area contributed by atoms with Gasteiger partial charge in [0.2, 0.25) is 0 Å². The second kappa shape index (κ2) is 12.7. The van der Waals surface area contributed by atoms with Gasteiger partial charge < -0.3 is 21.9 Å². The highest BCUT2D eigenvalue weighted by atomic mass is 16.3. The minimum Gasteiger partial charge on any atom is -0.393 e. The summed E-state index contributed by atoms with van der Waals surface area (Å²) in [6, 6.07) is 21.7. The van der Waals surface area contributed by atoms with Gasteiger partial charge in [0.25, 0.3) is 5.91 Å². The quantitative estimate of drug-likeness (QED) is 0.214. The summed E-state index contributed by atoms with van der Waals surface area (Å²) in [6.07, 6.45) is 4.85. The molecule has 3 heterocycles. The molecule has 7 rings (SSSR count). The van der Waals surface area contributed by atoms with Crippen LogP contribution < -0.4 is 16.8 Å². The van der Waals surface area contributed by atoms with Crippen molar-refractivity contribution >= 4 is 39.3 Å². The largest absolute Gasteiger partial charge is 0.393 e. The first-order chi connectivity index (χ1) is 21.8. The van der Waals surface area contributed by atoms with Crippen LogP contribution in [0.5, 0.6) is 0 Å². The number of carbonyl (C=O) groups is 1. The number of nitrogens with zero attached hydrogens (tertiary/aromatic N) is 6. The fourth-order valence-electron chi connectivity index (χ4n) is 5.56. The van der Waals surface area contributed by atoms with Crippen molar-refractivity contribution in [3.63, 3.8) is 0 Å². The van der Waals surface area contributed by atoms with Crippen molar-refractivity contribution < 1.29 is 9.90 Å². The molecule has 2 atom stereocenters. The number of amides is 1. The Labute approximate surface area is 260 Å². The summed E-state index contributed by atoms with van der Waals surface area (Å²) in [5, 5.41) is 20.7. The SMILES string of the molecule is Cc1ncnc(N)c1C.Nc1ncnc2c1c(-c1ccc(CNC(=O)c3ccc4ccccc4c3)cc1)nn2C1CCC(O)C1. The van der Waals surface area contributed by atoms with Crippen molar-refractivity contribution in [2.24, 2.45) is 0 Å². The molecule has 1 amide bonds. The van der Waals surface area contributed by atoms with Gasteiger partial charge in [-0.05, 0) is 61.6 Å². The molecule has 0 bridgehead atoms. The van der Waals surface area contributed by atoms with E-state index in [-0.39, 0.29) is 18.1 Å². The van der Waals surface area contributed by atoms with E-state index in [4.69, 9.17) is 16.6 Å². The normalized spacial score (nSPS) is 16.0. The summed E-state index contributed by atoms with van der Waals surface area (Å²) in [7, 11) is 0. The smallest absolute Gasteiger partial charge is 0.251 e. The number of aromatic nitrogens is 6. The Hall–Kier alpha value is -5.42. The van der Waals surface area contributed by atoms with Crippen molar-refractivity contribution in [2.45, 2.75) is 51.8 Å². The van der Waals surface area contributed by atoms with E-state index in [9.17, 15) is 9.90 Å². The summed E-state index contributed by atoms with van der Waals surface area (Å²) < 4.78 is 1.89. The number of fused-ring (bicyclic) bond motifs is 2. The monoisotopic (exact) mass is 601 g/mol. The molecule has 6 N–H and O–H groups in total. The molecule has 6 aromatic rings. The van der Waals surface area contributed by atoms with Crippen LogP contribution in [0.2, 0.25) is 0 Å². The lowest BCUT2D eigenvalue weighted by molar-refractivity contribution is 0.0951. The third-order valence-corrected chi connectivity index (χ3v) is 8.31. The summed E-state index contributed by atoms with van der Waals surface area (Å²) >= 11 is 0. The highest BCUT2D eigenvalue weighted by Gasteiger charge is 2.28. The maximum Gasteiger partial charge on any atom is 0.251 e. The van der Waals surface area contributed by atoms with Gasteiger partial charge in [-0.3, -0.25) is 4.79 Å². The fraction of sp³-hybridized carbons (Fsp3) is 0.235. The third-order valence-electron chi connectivity index (χ3n) is 8.31. The van der Waals surface area contributed by atoms with Crippen LogP contribution in [0.25, 0.3) is 33.1 Å². The fourth-order valence-corrected chi connectivity index (χ4v) is 5.56. The number of nitrogen functional groups attached to an aromatic ring is 2. The summed E-state index contributed by atoms with van der Waals surface area (Å²) in [6.45, 7) is 4.23. The molecule has 1 fully saturated rings. The summed E-state index contributed by atoms with van der Waals surface area (Å²) in [4.78, 5) is 29.1.